The van der Waals surface area contributed by atoms with Crippen LogP contribution in [0, 0.1) is 11.8 Å². The van der Waals surface area contributed by atoms with Gasteiger partial charge in [0.1, 0.15) is 11.3 Å². The summed E-state index contributed by atoms with van der Waals surface area (Å²) in [7, 11) is 0. The highest BCUT2D eigenvalue weighted by Crippen LogP contribution is 2.37. The van der Waals surface area contributed by atoms with Crippen molar-refractivity contribution in [3.8, 4) is 0 Å². The average Bonchev–Trinajstić information content (AvgIpc) is 2.81. The number of nitrogens with two attached hydrogens (primary N) is 1. The molecule has 3 atom stereocenters. The summed E-state index contributed by atoms with van der Waals surface area (Å²) in [5.74, 6) is 2.34. The summed E-state index contributed by atoms with van der Waals surface area (Å²) >= 11 is 0. The zero-order valence-electron chi connectivity index (χ0n) is 10.9. The molecule has 1 aliphatic rings. The standard InChI is InChI=1S/C16H21NO/c1-11-5-4-7-13(9-11)16(17)15-10-12-6-2-3-8-14(12)18-15/h2-3,6,8,10-11,13,16H,4-5,7,9,17H2,1H3. The number of hydrogen-bond acceptors (Lipinski definition) is 2. The fourth-order valence-corrected chi connectivity index (χ4v) is 3.21. The number of benzene rings is 1. The van der Waals surface area contributed by atoms with Crippen LogP contribution in [-0.2, 0) is 0 Å². The van der Waals surface area contributed by atoms with E-state index in [1.54, 1.807) is 0 Å². The van der Waals surface area contributed by atoms with E-state index < -0.39 is 0 Å². The van der Waals surface area contributed by atoms with Gasteiger partial charge in [-0.25, -0.2) is 0 Å². The van der Waals surface area contributed by atoms with Gasteiger partial charge in [0, 0.05) is 5.39 Å². The minimum Gasteiger partial charge on any atom is -0.459 e. The second-order valence-electron chi connectivity index (χ2n) is 5.74. The van der Waals surface area contributed by atoms with Crippen LogP contribution in [0.5, 0.6) is 0 Å². The van der Waals surface area contributed by atoms with E-state index >= 15 is 0 Å². The van der Waals surface area contributed by atoms with Gasteiger partial charge in [-0.2, -0.15) is 0 Å². The van der Waals surface area contributed by atoms with Crippen molar-refractivity contribution < 1.29 is 4.42 Å². The molecular weight excluding hydrogens is 222 g/mol. The van der Waals surface area contributed by atoms with E-state index in [0.29, 0.717) is 5.92 Å². The first-order chi connectivity index (χ1) is 8.74. The first kappa shape index (κ1) is 11.8. The van der Waals surface area contributed by atoms with E-state index in [1.807, 2.05) is 18.2 Å². The van der Waals surface area contributed by atoms with Crippen LogP contribution in [0.1, 0.15) is 44.4 Å². The fraction of sp³-hybridized carbons (Fsp3) is 0.500. The molecule has 2 N–H and O–H groups in total. The van der Waals surface area contributed by atoms with Crippen molar-refractivity contribution >= 4 is 11.0 Å². The molecule has 1 saturated carbocycles. The Morgan fingerprint density at radius 2 is 2.11 bits per heavy atom. The second kappa shape index (κ2) is 4.77. The van der Waals surface area contributed by atoms with Gasteiger partial charge in [0.25, 0.3) is 0 Å². The Labute approximate surface area is 108 Å². The van der Waals surface area contributed by atoms with Crippen molar-refractivity contribution in [1.29, 1.82) is 0 Å². The Balaban J connectivity index is 1.84. The van der Waals surface area contributed by atoms with Crippen molar-refractivity contribution in [2.75, 3.05) is 0 Å². The number of fused-ring (bicyclic) bond motifs is 1. The zero-order chi connectivity index (χ0) is 12.5. The van der Waals surface area contributed by atoms with Crippen molar-refractivity contribution in [3.63, 3.8) is 0 Å². The molecule has 2 nitrogen and oxygen atoms in total. The van der Waals surface area contributed by atoms with Gasteiger partial charge >= 0.3 is 0 Å². The molecule has 0 bridgehead atoms. The van der Waals surface area contributed by atoms with Gasteiger partial charge in [-0.1, -0.05) is 38.0 Å². The van der Waals surface area contributed by atoms with E-state index in [1.165, 1.54) is 25.7 Å². The monoisotopic (exact) mass is 243 g/mol. The smallest absolute Gasteiger partial charge is 0.134 e. The van der Waals surface area contributed by atoms with Crippen LogP contribution >= 0.6 is 0 Å². The molecule has 2 heteroatoms. The Morgan fingerprint density at radius 3 is 2.89 bits per heavy atom. The summed E-state index contributed by atoms with van der Waals surface area (Å²) in [5, 5.41) is 1.16. The number of hydrogen-bond donors (Lipinski definition) is 1. The van der Waals surface area contributed by atoms with E-state index in [4.69, 9.17) is 10.2 Å². The Morgan fingerprint density at radius 1 is 1.28 bits per heavy atom. The van der Waals surface area contributed by atoms with E-state index in [9.17, 15) is 0 Å². The van der Waals surface area contributed by atoms with Crippen molar-refractivity contribution in [2.24, 2.45) is 17.6 Å². The molecule has 0 saturated heterocycles. The number of para-hydroxylation sites is 1. The molecule has 0 aliphatic heterocycles. The highest BCUT2D eigenvalue weighted by atomic mass is 16.3. The van der Waals surface area contributed by atoms with Crippen LogP contribution in [0.4, 0.5) is 0 Å². The summed E-state index contributed by atoms with van der Waals surface area (Å²) in [6, 6.07) is 10.3. The van der Waals surface area contributed by atoms with Gasteiger partial charge < -0.3 is 10.2 Å². The van der Waals surface area contributed by atoms with Gasteiger partial charge in [0.15, 0.2) is 0 Å². The summed E-state index contributed by atoms with van der Waals surface area (Å²) in [6.07, 6.45) is 5.13. The Bertz CT molecular complexity index is 498. The molecule has 1 aromatic heterocycles. The predicted octanol–water partition coefficient (Wildman–Crippen LogP) is 4.26. The van der Waals surface area contributed by atoms with Gasteiger partial charge in [0.2, 0.25) is 0 Å². The van der Waals surface area contributed by atoms with Crippen LogP contribution in [0.2, 0.25) is 0 Å². The van der Waals surface area contributed by atoms with Crippen molar-refractivity contribution in [3.05, 3.63) is 36.1 Å². The minimum atomic E-state index is 0.0557. The molecule has 1 aromatic carbocycles. The third-order valence-electron chi connectivity index (χ3n) is 4.26. The molecule has 0 spiro atoms. The summed E-state index contributed by atoms with van der Waals surface area (Å²) in [4.78, 5) is 0. The SMILES string of the molecule is CC1CCCC(C(N)c2cc3ccccc3o2)C1. The fourth-order valence-electron chi connectivity index (χ4n) is 3.21. The average molecular weight is 243 g/mol. The van der Waals surface area contributed by atoms with Crippen LogP contribution in [0.3, 0.4) is 0 Å². The maximum atomic E-state index is 6.40. The van der Waals surface area contributed by atoms with E-state index in [0.717, 1.165) is 22.6 Å². The molecule has 3 unspecified atom stereocenters. The van der Waals surface area contributed by atoms with Gasteiger partial charge in [-0.15, -0.1) is 0 Å². The van der Waals surface area contributed by atoms with E-state index in [2.05, 4.69) is 19.1 Å². The number of rotatable bonds is 2. The summed E-state index contributed by atoms with van der Waals surface area (Å²) in [6.45, 7) is 2.33. The van der Waals surface area contributed by atoms with E-state index in [-0.39, 0.29) is 6.04 Å². The first-order valence-electron chi connectivity index (χ1n) is 6.98. The lowest BCUT2D eigenvalue weighted by molar-refractivity contribution is 0.233. The molecular formula is C16H21NO. The summed E-state index contributed by atoms with van der Waals surface area (Å²) in [5.41, 5.74) is 7.35. The molecule has 0 radical (unpaired) electrons. The number of furan rings is 1. The highest BCUT2D eigenvalue weighted by molar-refractivity contribution is 5.77. The molecule has 18 heavy (non-hydrogen) atoms. The van der Waals surface area contributed by atoms with Gasteiger partial charge in [0.05, 0.1) is 6.04 Å². The quantitative estimate of drug-likeness (QED) is 0.856. The van der Waals surface area contributed by atoms with Crippen LogP contribution in [0.15, 0.2) is 34.7 Å². The lowest BCUT2D eigenvalue weighted by Crippen LogP contribution is -2.25. The lowest BCUT2D eigenvalue weighted by Gasteiger charge is -2.30. The van der Waals surface area contributed by atoms with Gasteiger partial charge in [-0.05, 0) is 36.8 Å². The van der Waals surface area contributed by atoms with Crippen molar-refractivity contribution in [1.82, 2.24) is 0 Å². The minimum absolute atomic E-state index is 0.0557. The first-order valence-corrected chi connectivity index (χ1v) is 6.98. The molecule has 2 aromatic rings. The highest BCUT2D eigenvalue weighted by Gasteiger charge is 2.27. The Kier molecular flexibility index (Phi) is 3.13. The van der Waals surface area contributed by atoms with Crippen molar-refractivity contribution in [2.45, 2.75) is 38.6 Å². The molecule has 1 fully saturated rings. The predicted molar refractivity (Wildman–Crippen MR) is 74.3 cm³/mol. The third-order valence-corrected chi connectivity index (χ3v) is 4.26. The second-order valence-corrected chi connectivity index (χ2v) is 5.74. The maximum Gasteiger partial charge on any atom is 0.134 e. The maximum absolute atomic E-state index is 6.40. The topological polar surface area (TPSA) is 39.2 Å². The van der Waals surface area contributed by atoms with Crippen LogP contribution in [-0.4, -0.2) is 0 Å². The Hall–Kier alpha value is -1.28. The van der Waals surface area contributed by atoms with Gasteiger partial charge in [-0.3, -0.25) is 0 Å². The largest absolute Gasteiger partial charge is 0.459 e. The van der Waals surface area contributed by atoms with Crippen LogP contribution in [0.25, 0.3) is 11.0 Å². The normalized spacial score (nSPS) is 26.3. The molecule has 1 aliphatic carbocycles. The molecule has 3 rings (SSSR count). The summed E-state index contributed by atoms with van der Waals surface area (Å²) < 4.78 is 5.89. The molecule has 1 heterocycles. The third kappa shape index (κ3) is 2.17. The lowest BCUT2D eigenvalue weighted by atomic mass is 9.78. The zero-order valence-corrected chi connectivity index (χ0v) is 10.9. The molecule has 96 valence electrons. The van der Waals surface area contributed by atoms with Crippen LogP contribution < -0.4 is 5.73 Å². The molecule has 0 amide bonds.